The molecule has 1 amide bonds. The molecule has 3 rings (SSSR count). The number of aromatic nitrogens is 1. The molecule has 2 aromatic carbocycles. The molecule has 0 fully saturated rings. The average Bonchev–Trinajstić information content (AvgIpc) is 2.71. The maximum atomic E-state index is 13.1. The number of carbonyl (C=O) groups is 1. The van der Waals surface area contributed by atoms with Gasteiger partial charge in [0.2, 0.25) is 0 Å². The third-order valence-electron chi connectivity index (χ3n) is 4.03. The highest BCUT2D eigenvalue weighted by molar-refractivity contribution is 7.92. The lowest BCUT2D eigenvalue weighted by Crippen LogP contribution is -2.31. The van der Waals surface area contributed by atoms with Gasteiger partial charge in [-0.3, -0.25) is 9.10 Å². The van der Waals surface area contributed by atoms with Crippen LogP contribution in [0.15, 0.2) is 77.8 Å². The molecule has 3 aromatic rings. The first-order valence-corrected chi connectivity index (χ1v) is 10.0. The SMILES string of the molecule is CCN(c1ccccc1)S(=O)(=O)c1cccc(C(=O)Nc2ncccc2O)c1. The second-order valence-electron chi connectivity index (χ2n) is 5.86. The Kier molecular flexibility index (Phi) is 5.60. The van der Waals surface area contributed by atoms with Gasteiger partial charge in [-0.1, -0.05) is 24.3 Å². The molecule has 0 aliphatic rings. The highest BCUT2D eigenvalue weighted by Gasteiger charge is 2.24. The van der Waals surface area contributed by atoms with Gasteiger partial charge in [0.05, 0.1) is 10.6 Å². The van der Waals surface area contributed by atoms with Crippen molar-refractivity contribution in [2.24, 2.45) is 0 Å². The van der Waals surface area contributed by atoms with Gasteiger partial charge in [-0.05, 0) is 49.4 Å². The Balaban J connectivity index is 1.92. The van der Waals surface area contributed by atoms with Crippen molar-refractivity contribution >= 4 is 27.4 Å². The van der Waals surface area contributed by atoms with E-state index in [1.807, 2.05) is 6.07 Å². The molecule has 0 saturated carbocycles. The van der Waals surface area contributed by atoms with E-state index in [4.69, 9.17) is 0 Å². The topological polar surface area (TPSA) is 99.6 Å². The first-order chi connectivity index (χ1) is 13.4. The molecule has 0 spiro atoms. The Hall–Kier alpha value is -3.39. The first-order valence-electron chi connectivity index (χ1n) is 8.56. The summed E-state index contributed by atoms with van der Waals surface area (Å²) in [6.45, 7) is 1.98. The van der Waals surface area contributed by atoms with Crippen molar-refractivity contribution in [1.82, 2.24) is 4.98 Å². The number of aromatic hydroxyl groups is 1. The van der Waals surface area contributed by atoms with Crippen molar-refractivity contribution in [3.05, 3.63) is 78.5 Å². The number of anilines is 2. The number of amides is 1. The van der Waals surface area contributed by atoms with E-state index in [1.54, 1.807) is 31.2 Å². The number of para-hydroxylation sites is 1. The maximum Gasteiger partial charge on any atom is 0.264 e. The summed E-state index contributed by atoms with van der Waals surface area (Å²) >= 11 is 0. The fourth-order valence-electron chi connectivity index (χ4n) is 2.68. The molecule has 144 valence electrons. The summed E-state index contributed by atoms with van der Waals surface area (Å²) in [5.74, 6) is -0.755. The Morgan fingerprint density at radius 3 is 2.50 bits per heavy atom. The normalized spacial score (nSPS) is 11.0. The molecule has 0 atom stereocenters. The van der Waals surface area contributed by atoms with Crippen LogP contribution in [-0.2, 0) is 10.0 Å². The number of pyridine rings is 1. The van der Waals surface area contributed by atoms with Crippen molar-refractivity contribution < 1.29 is 18.3 Å². The number of hydrogen-bond acceptors (Lipinski definition) is 5. The van der Waals surface area contributed by atoms with Gasteiger partial charge in [0, 0.05) is 18.3 Å². The molecular weight excluding hydrogens is 378 g/mol. The molecular formula is C20H19N3O4S. The Bertz CT molecular complexity index is 1090. The lowest BCUT2D eigenvalue weighted by atomic mass is 10.2. The number of nitrogens with zero attached hydrogens (tertiary/aromatic N) is 2. The maximum absolute atomic E-state index is 13.1. The van der Waals surface area contributed by atoms with Crippen molar-refractivity contribution in [3.8, 4) is 5.75 Å². The van der Waals surface area contributed by atoms with Gasteiger partial charge >= 0.3 is 0 Å². The third kappa shape index (κ3) is 3.96. The van der Waals surface area contributed by atoms with E-state index < -0.39 is 15.9 Å². The van der Waals surface area contributed by atoms with Crippen LogP contribution >= 0.6 is 0 Å². The van der Waals surface area contributed by atoms with E-state index >= 15 is 0 Å². The predicted octanol–water partition coefficient (Wildman–Crippen LogP) is 3.25. The minimum Gasteiger partial charge on any atom is -0.504 e. The van der Waals surface area contributed by atoms with Crippen LogP contribution in [0.3, 0.4) is 0 Å². The lowest BCUT2D eigenvalue weighted by molar-refractivity contribution is 0.102. The average molecular weight is 397 g/mol. The van der Waals surface area contributed by atoms with Crippen LogP contribution in [0.25, 0.3) is 0 Å². The van der Waals surface area contributed by atoms with Gasteiger partial charge in [0.1, 0.15) is 0 Å². The molecule has 0 aliphatic heterocycles. The second-order valence-corrected chi connectivity index (χ2v) is 7.72. The second kappa shape index (κ2) is 8.10. The molecule has 0 bridgehead atoms. The molecule has 1 heterocycles. The van der Waals surface area contributed by atoms with Crippen molar-refractivity contribution in [3.63, 3.8) is 0 Å². The summed E-state index contributed by atoms with van der Waals surface area (Å²) in [5.41, 5.74) is 0.675. The van der Waals surface area contributed by atoms with E-state index in [0.717, 1.165) is 0 Å². The standard InChI is InChI=1S/C20H19N3O4S/c1-2-23(16-9-4-3-5-10-16)28(26,27)17-11-6-8-15(14-17)20(25)22-19-18(24)12-7-13-21-19/h3-14,24H,2H2,1H3,(H,21,22,25). The highest BCUT2D eigenvalue weighted by Crippen LogP contribution is 2.24. The van der Waals surface area contributed by atoms with E-state index in [2.05, 4.69) is 10.3 Å². The molecule has 0 aliphatic carbocycles. The third-order valence-corrected chi connectivity index (χ3v) is 5.93. The Labute approximate surface area is 163 Å². The minimum absolute atomic E-state index is 0.000213. The summed E-state index contributed by atoms with van der Waals surface area (Å²) < 4.78 is 27.5. The number of nitrogens with one attached hydrogen (secondary N) is 1. The number of rotatable bonds is 6. The molecule has 1 aromatic heterocycles. The zero-order valence-electron chi connectivity index (χ0n) is 15.1. The molecule has 28 heavy (non-hydrogen) atoms. The first kappa shape index (κ1) is 19.4. The van der Waals surface area contributed by atoms with Gasteiger partial charge in [0.15, 0.2) is 11.6 Å². The van der Waals surface area contributed by atoms with Crippen molar-refractivity contribution in [1.29, 1.82) is 0 Å². The molecule has 0 saturated heterocycles. The van der Waals surface area contributed by atoms with Crippen molar-refractivity contribution in [2.75, 3.05) is 16.2 Å². The molecule has 8 heteroatoms. The monoisotopic (exact) mass is 397 g/mol. The van der Waals surface area contributed by atoms with Crippen LogP contribution in [-0.4, -0.2) is 31.0 Å². The van der Waals surface area contributed by atoms with Crippen LogP contribution < -0.4 is 9.62 Å². The summed E-state index contributed by atoms with van der Waals surface area (Å²) in [6.07, 6.45) is 1.43. The summed E-state index contributed by atoms with van der Waals surface area (Å²) in [5, 5.41) is 12.2. The zero-order chi connectivity index (χ0) is 20.1. The number of sulfonamides is 1. The van der Waals surface area contributed by atoms with Crippen LogP contribution in [0.4, 0.5) is 11.5 Å². The number of hydrogen-bond donors (Lipinski definition) is 2. The molecule has 0 unspecified atom stereocenters. The van der Waals surface area contributed by atoms with Crippen molar-refractivity contribution in [2.45, 2.75) is 11.8 Å². The Morgan fingerprint density at radius 2 is 1.82 bits per heavy atom. The van der Waals surface area contributed by atoms with Gasteiger partial charge in [-0.2, -0.15) is 0 Å². The fraction of sp³-hybridized carbons (Fsp3) is 0.100. The quantitative estimate of drug-likeness (QED) is 0.665. The van der Waals surface area contributed by atoms with E-state index in [-0.39, 0.29) is 28.6 Å². The lowest BCUT2D eigenvalue weighted by Gasteiger charge is -2.23. The number of benzene rings is 2. The van der Waals surface area contributed by atoms with Gasteiger partial charge in [-0.25, -0.2) is 13.4 Å². The van der Waals surface area contributed by atoms with E-state index in [1.165, 1.54) is 46.9 Å². The van der Waals surface area contributed by atoms with Crippen LogP contribution in [0.1, 0.15) is 17.3 Å². The molecule has 7 nitrogen and oxygen atoms in total. The van der Waals surface area contributed by atoms with Crippen LogP contribution in [0, 0.1) is 0 Å². The van der Waals surface area contributed by atoms with Crippen LogP contribution in [0.2, 0.25) is 0 Å². The highest BCUT2D eigenvalue weighted by atomic mass is 32.2. The van der Waals surface area contributed by atoms with Gasteiger partial charge < -0.3 is 10.4 Å². The minimum atomic E-state index is -3.85. The zero-order valence-corrected chi connectivity index (χ0v) is 15.9. The van der Waals surface area contributed by atoms with Crippen LogP contribution in [0.5, 0.6) is 5.75 Å². The molecule has 0 radical (unpaired) electrons. The number of carbonyl (C=O) groups excluding carboxylic acids is 1. The predicted molar refractivity (Wildman–Crippen MR) is 107 cm³/mol. The molecule has 2 N–H and O–H groups in total. The summed E-state index contributed by atoms with van der Waals surface area (Å²) in [4.78, 5) is 16.4. The fourth-order valence-corrected chi connectivity index (χ4v) is 4.20. The largest absolute Gasteiger partial charge is 0.504 e. The van der Waals surface area contributed by atoms with E-state index in [9.17, 15) is 18.3 Å². The van der Waals surface area contributed by atoms with Gasteiger partial charge in [0.25, 0.3) is 15.9 Å². The summed E-state index contributed by atoms with van der Waals surface area (Å²) in [6, 6.07) is 17.4. The summed E-state index contributed by atoms with van der Waals surface area (Å²) in [7, 11) is -3.85. The van der Waals surface area contributed by atoms with E-state index in [0.29, 0.717) is 5.69 Å². The van der Waals surface area contributed by atoms with Gasteiger partial charge in [-0.15, -0.1) is 0 Å². The smallest absolute Gasteiger partial charge is 0.264 e. The Morgan fingerprint density at radius 1 is 1.07 bits per heavy atom.